The van der Waals surface area contributed by atoms with Crippen molar-refractivity contribution in [3.63, 3.8) is 0 Å². The SMILES string of the molecule is Cc1ccc(N2CCc3[nH]ncc3C2)c([N+](=O)[O-])c1. The highest BCUT2D eigenvalue weighted by molar-refractivity contribution is 5.65. The van der Waals surface area contributed by atoms with Gasteiger partial charge in [0.15, 0.2) is 0 Å². The largest absolute Gasteiger partial charge is 0.361 e. The first kappa shape index (κ1) is 11.7. The van der Waals surface area contributed by atoms with Gasteiger partial charge in [0.25, 0.3) is 5.69 Å². The predicted octanol–water partition coefficient (Wildman–Crippen LogP) is 2.19. The zero-order valence-corrected chi connectivity index (χ0v) is 10.6. The lowest BCUT2D eigenvalue weighted by atomic mass is 10.1. The fourth-order valence-corrected chi connectivity index (χ4v) is 2.47. The third-order valence-electron chi connectivity index (χ3n) is 3.47. The maximum absolute atomic E-state index is 11.2. The Morgan fingerprint density at radius 2 is 2.32 bits per heavy atom. The molecule has 6 heteroatoms. The molecule has 1 aliphatic heterocycles. The highest BCUT2D eigenvalue weighted by atomic mass is 16.6. The summed E-state index contributed by atoms with van der Waals surface area (Å²) in [5.74, 6) is 0. The quantitative estimate of drug-likeness (QED) is 0.661. The maximum atomic E-state index is 11.2. The molecule has 1 N–H and O–H groups in total. The van der Waals surface area contributed by atoms with Crippen LogP contribution in [0.1, 0.15) is 16.8 Å². The Hall–Kier alpha value is -2.37. The summed E-state index contributed by atoms with van der Waals surface area (Å²) >= 11 is 0. The molecule has 0 aliphatic carbocycles. The number of nitro groups is 1. The topological polar surface area (TPSA) is 75.1 Å². The van der Waals surface area contributed by atoms with E-state index in [1.807, 2.05) is 24.0 Å². The number of H-pyrrole nitrogens is 1. The lowest BCUT2D eigenvalue weighted by Crippen LogP contribution is -2.30. The molecule has 0 unspecified atom stereocenters. The molecule has 3 rings (SSSR count). The molecule has 2 aromatic rings. The van der Waals surface area contributed by atoms with Crippen LogP contribution in [0.3, 0.4) is 0 Å². The van der Waals surface area contributed by atoms with Gasteiger partial charge in [-0.15, -0.1) is 0 Å². The molecule has 0 atom stereocenters. The van der Waals surface area contributed by atoms with Crippen molar-refractivity contribution in [2.24, 2.45) is 0 Å². The number of aromatic amines is 1. The van der Waals surface area contributed by atoms with Crippen molar-refractivity contribution in [1.82, 2.24) is 10.2 Å². The van der Waals surface area contributed by atoms with Crippen LogP contribution in [0.15, 0.2) is 24.4 Å². The Balaban J connectivity index is 1.98. The normalized spacial score (nSPS) is 14.3. The van der Waals surface area contributed by atoms with Crippen molar-refractivity contribution < 1.29 is 4.92 Å². The minimum atomic E-state index is -0.312. The van der Waals surface area contributed by atoms with Crippen LogP contribution in [0.25, 0.3) is 0 Å². The van der Waals surface area contributed by atoms with Crippen LogP contribution in [0.2, 0.25) is 0 Å². The van der Waals surface area contributed by atoms with Gasteiger partial charge in [0.1, 0.15) is 5.69 Å². The fraction of sp³-hybridized carbons (Fsp3) is 0.308. The van der Waals surface area contributed by atoms with E-state index in [2.05, 4.69) is 10.2 Å². The number of nitro benzene ring substituents is 1. The Kier molecular flexibility index (Phi) is 2.70. The Morgan fingerprint density at radius 3 is 3.11 bits per heavy atom. The predicted molar refractivity (Wildman–Crippen MR) is 71.2 cm³/mol. The molecule has 0 spiro atoms. The number of hydrogen-bond acceptors (Lipinski definition) is 4. The molecular weight excluding hydrogens is 244 g/mol. The highest BCUT2D eigenvalue weighted by Gasteiger charge is 2.24. The van der Waals surface area contributed by atoms with E-state index in [0.717, 1.165) is 29.8 Å². The number of rotatable bonds is 2. The third-order valence-corrected chi connectivity index (χ3v) is 3.47. The van der Waals surface area contributed by atoms with E-state index in [1.165, 1.54) is 0 Å². The zero-order chi connectivity index (χ0) is 13.4. The van der Waals surface area contributed by atoms with E-state index in [0.29, 0.717) is 12.2 Å². The van der Waals surface area contributed by atoms with Crippen LogP contribution < -0.4 is 4.90 Å². The van der Waals surface area contributed by atoms with Crippen LogP contribution >= 0.6 is 0 Å². The lowest BCUT2D eigenvalue weighted by molar-refractivity contribution is -0.384. The number of fused-ring (bicyclic) bond motifs is 1. The number of aromatic nitrogens is 2. The van der Waals surface area contributed by atoms with Crippen LogP contribution in [-0.4, -0.2) is 21.7 Å². The van der Waals surface area contributed by atoms with Crippen LogP contribution in [0.4, 0.5) is 11.4 Å². The molecule has 0 saturated heterocycles. The molecule has 0 radical (unpaired) electrons. The van der Waals surface area contributed by atoms with E-state index < -0.39 is 0 Å². The summed E-state index contributed by atoms with van der Waals surface area (Å²) in [6.07, 6.45) is 2.63. The van der Waals surface area contributed by atoms with Gasteiger partial charge in [-0.05, 0) is 18.6 Å². The summed E-state index contributed by atoms with van der Waals surface area (Å²) < 4.78 is 0. The monoisotopic (exact) mass is 258 g/mol. The molecule has 6 nitrogen and oxygen atoms in total. The van der Waals surface area contributed by atoms with E-state index in [-0.39, 0.29) is 10.6 Å². The Morgan fingerprint density at radius 1 is 1.47 bits per heavy atom. The van der Waals surface area contributed by atoms with Gasteiger partial charge in [-0.3, -0.25) is 15.2 Å². The summed E-state index contributed by atoms with van der Waals surface area (Å²) in [7, 11) is 0. The molecule has 1 aromatic heterocycles. The first-order chi connectivity index (χ1) is 9.15. The number of nitrogens with one attached hydrogen (secondary N) is 1. The number of anilines is 1. The van der Waals surface area contributed by atoms with Gasteiger partial charge in [-0.2, -0.15) is 5.10 Å². The Bertz CT molecular complexity index is 635. The summed E-state index contributed by atoms with van der Waals surface area (Å²) in [6.45, 7) is 3.29. The van der Waals surface area contributed by atoms with Crippen molar-refractivity contribution in [3.8, 4) is 0 Å². The average molecular weight is 258 g/mol. The van der Waals surface area contributed by atoms with Crippen LogP contribution in [0.5, 0.6) is 0 Å². The second-order valence-electron chi connectivity index (χ2n) is 4.79. The molecule has 0 saturated carbocycles. The van der Waals surface area contributed by atoms with Crippen molar-refractivity contribution in [3.05, 3.63) is 51.3 Å². The van der Waals surface area contributed by atoms with Gasteiger partial charge in [-0.1, -0.05) is 6.07 Å². The standard InChI is InChI=1S/C13H14N4O2/c1-9-2-3-12(13(6-9)17(18)19)16-5-4-11-10(8-16)7-14-15-11/h2-3,6-7H,4-5,8H2,1H3,(H,14,15). The summed E-state index contributed by atoms with van der Waals surface area (Å²) in [6, 6.07) is 5.37. The van der Waals surface area contributed by atoms with Crippen molar-refractivity contribution in [2.45, 2.75) is 19.9 Å². The highest BCUT2D eigenvalue weighted by Crippen LogP contribution is 2.32. The number of hydrogen-bond donors (Lipinski definition) is 1. The number of nitrogens with zero attached hydrogens (tertiary/aromatic N) is 3. The van der Waals surface area contributed by atoms with Crippen molar-refractivity contribution >= 4 is 11.4 Å². The average Bonchev–Trinajstić information content (AvgIpc) is 2.85. The molecule has 19 heavy (non-hydrogen) atoms. The second kappa shape index (κ2) is 4.38. The molecule has 0 amide bonds. The van der Waals surface area contributed by atoms with E-state index >= 15 is 0 Å². The molecule has 1 aromatic carbocycles. The minimum absolute atomic E-state index is 0.173. The number of aryl methyl sites for hydroxylation is 1. The molecule has 0 fully saturated rings. The number of benzene rings is 1. The fourth-order valence-electron chi connectivity index (χ4n) is 2.47. The Labute approximate surface area is 110 Å². The van der Waals surface area contributed by atoms with Crippen LogP contribution in [0, 0.1) is 17.0 Å². The first-order valence-electron chi connectivity index (χ1n) is 6.16. The maximum Gasteiger partial charge on any atom is 0.292 e. The van der Waals surface area contributed by atoms with E-state index in [9.17, 15) is 10.1 Å². The van der Waals surface area contributed by atoms with Crippen molar-refractivity contribution in [1.29, 1.82) is 0 Å². The first-order valence-corrected chi connectivity index (χ1v) is 6.16. The van der Waals surface area contributed by atoms with E-state index in [1.54, 1.807) is 12.3 Å². The summed E-state index contributed by atoms with van der Waals surface area (Å²) in [5, 5.41) is 18.2. The van der Waals surface area contributed by atoms with Gasteiger partial charge < -0.3 is 4.90 Å². The van der Waals surface area contributed by atoms with E-state index in [4.69, 9.17) is 0 Å². The van der Waals surface area contributed by atoms with Gasteiger partial charge in [-0.25, -0.2) is 0 Å². The summed E-state index contributed by atoms with van der Waals surface area (Å²) in [5.41, 5.74) is 4.00. The van der Waals surface area contributed by atoms with Gasteiger partial charge in [0.05, 0.1) is 11.1 Å². The van der Waals surface area contributed by atoms with Crippen molar-refractivity contribution in [2.75, 3.05) is 11.4 Å². The van der Waals surface area contributed by atoms with Gasteiger partial charge in [0.2, 0.25) is 0 Å². The summed E-state index contributed by atoms with van der Waals surface area (Å²) in [4.78, 5) is 12.9. The molecule has 2 heterocycles. The second-order valence-corrected chi connectivity index (χ2v) is 4.79. The van der Waals surface area contributed by atoms with Gasteiger partial charge >= 0.3 is 0 Å². The molecule has 1 aliphatic rings. The zero-order valence-electron chi connectivity index (χ0n) is 10.6. The van der Waals surface area contributed by atoms with Crippen LogP contribution in [-0.2, 0) is 13.0 Å². The third kappa shape index (κ3) is 2.05. The molecule has 98 valence electrons. The smallest absolute Gasteiger partial charge is 0.292 e. The minimum Gasteiger partial charge on any atom is -0.361 e. The molecular formula is C13H14N4O2. The lowest BCUT2D eigenvalue weighted by Gasteiger charge is -2.28. The van der Waals surface area contributed by atoms with Gasteiger partial charge in [0, 0.05) is 36.8 Å². The molecule has 0 bridgehead atoms.